The highest BCUT2D eigenvalue weighted by molar-refractivity contribution is 5.66. The molecule has 0 unspecified atom stereocenters. The van der Waals surface area contributed by atoms with Crippen LogP contribution in [0.2, 0.25) is 0 Å². The third-order valence-electron chi connectivity index (χ3n) is 2.17. The Balaban J connectivity index is 2.27. The summed E-state index contributed by atoms with van der Waals surface area (Å²) < 4.78 is 5.49. The molecule has 74 valence electrons. The summed E-state index contributed by atoms with van der Waals surface area (Å²) in [5.41, 5.74) is 7.19. The maximum Gasteiger partial charge on any atom is 0.198 e. The molecule has 0 aliphatic carbocycles. The molecule has 2 N–H and O–H groups in total. The van der Waals surface area contributed by atoms with Crippen LogP contribution in [0.25, 0.3) is 11.2 Å². The van der Waals surface area contributed by atoms with E-state index in [-0.39, 0.29) is 6.04 Å². The van der Waals surface area contributed by atoms with Gasteiger partial charge in [-0.05, 0) is 18.6 Å². The highest BCUT2D eigenvalue weighted by Crippen LogP contribution is 2.13. The molecule has 0 aliphatic rings. The van der Waals surface area contributed by atoms with Crippen LogP contribution in [0.1, 0.15) is 19.2 Å². The molecule has 14 heavy (non-hydrogen) atoms. The van der Waals surface area contributed by atoms with E-state index in [1.54, 1.807) is 6.20 Å². The summed E-state index contributed by atoms with van der Waals surface area (Å²) >= 11 is 0. The van der Waals surface area contributed by atoms with E-state index in [1.807, 2.05) is 19.1 Å². The molecule has 0 aromatic carbocycles. The van der Waals surface area contributed by atoms with Gasteiger partial charge in [0.15, 0.2) is 17.1 Å². The fourth-order valence-electron chi connectivity index (χ4n) is 1.27. The molecule has 2 heterocycles. The molecule has 0 amide bonds. The number of pyridine rings is 1. The van der Waals surface area contributed by atoms with Crippen LogP contribution >= 0.6 is 0 Å². The van der Waals surface area contributed by atoms with Crippen LogP contribution in [0, 0.1) is 0 Å². The number of rotatable bonds is 3. The van der Waals surface area contributed by atoms with Crippen molar-refractivity contribution in [2.45, 2.75) is 25.8 Å². The minimum Gasteiger partial charge on any atom is -0.439 e. The minimum absolute atomic E-state index is 0.114. The fourth-order valence-corrected chi connectivity index (χ4v) is 1.27. The molecular formula is C10H13N3O. The second-order valence-electron chi connectivity index (χ2n) is 3.31. The summed E-state index contributed by atoms with van der Waals surface area (Å²) in [4.78, 5) is 8.33. The average Bonchev–Trinajstić information content (AvgIpc) is 2.59. The van der Waals surface area contributed by atoms with E-state index < -0.39 is 0 Å². The molecule has 4 heteroatoms. The number of fused-ring (bicyclic) bond motifs is 1. The van der Waals surface area contributed by atoms with Gasteiger partial charge in [0.1, 0.15) is 0 Å². The lowest BCUT2D eigenvalue weighted by atomic mass is 10.2. The monoisotopic (exact) mass is 191 g/mol. The van der Waals surface area contributed by atoms with E-state index in [4.69, 9.17) is 10.2 Å². The Morgan fingerprint density at radius 3 is 3.14 bits per heavy atom. The van der Waals surface area contributed by atoms with Crippen molar-refractivity contribution >= 4 is 11.2 Å². The zero-order chi connectivity index (χ0) is 9.97. The summed E-state index contributed by atoms with van der Waals surface area (Å²) in [5.74, 6) is 0.674. The van der Waals surface area contributed by atoms with Crippen LogP contribution in [0.5, 0.6) is 0 Å². The van der Waals surface area contributed by atoms with Crippen molar-refractivity contribution < 1.29 is 4.42 Å². The van der Waals surface area contributed by atoms with E-state index in [0.29, 0.717) is 18.0 Å². The lowest BCUT2D eigenvalue weighted by molar-refractivity contribution is 0.491. The van der Waals surface area contributed by atoms with Crippen LogP contribution in [0.3, 0.4) is 0 Å². The summed E-state index contributed by atoms with van der Waals surface area (Å²) in [6, 6.07) is 3.80. The summed E-state index contributed by atoms with van der Waals surface area (Å²) in [7, 11) is 0. The van der Waals surface area contributed by atoms with Crippen LogP contribution in [0.4, 0.5) is 0 Å². The lowest BCUT2D eigenvalue weighted by Gasteiger charge is -2.02. The lowest BCUT2D eigenvalue weighted by Crippen LogP contribution is -2.21. The van der Waals surface area contributed by atoms with E-state index >= 15 is 0 Å². The second kappa shape index (κ2) is 3.75. The number of nitrogens with two attached hydrogens (primary N) is 1. The average molecular weight is 191 g/mol. The van der Waals surface area contributed by atoms with E-state index in [9.17, 15) is 0 Å². The molecule has 4 nitrogen and oxygen atoms in total. The van der Waals surface area contributed by atoms with Crippen LogP contribution < -0.4 is 5.73 Å². The predicted molar refractivity (Wildman–Crippen MR) is 53.8 cm³/mol. The SMILES string of the molecule is CC[C@H](N)Cc1nc2ncccc2o1. The van der Waals surface area contributed by atoms with Gasteiger partial charge in [0.25, 0.3) is 0 Å². The summed E-state index contributed by atoms with van der Waals surface area (Å²) in [6.07, 6.45) is 3.30. The Kier molecular flexibility index (Phi) is 2.45. The third-order valence-corrected chi connectivity index (χ3v) is 2.17. The number of nitrogens with zero attached hydrogens (tertiary/aromatic N) is 2. The van der Waals surface area contributed by atoms with Gasteiger partial charge in [0.05, 0.1) is 0 Å². The molecule has 2 aromatic heterocycles. The van der Waals surface area contributed by atoms with Crippen molar-refractivity contribution in [2.24, 2.45) is 5.73 Å². The molecule has 0 fully saturated rings. The largest absolute Gasteiger partial charge is 0.439 e. The van der Waals surface area contributed by atoms with Gasteiger partial charge in [0, 0.05) is 18.7 Å². The fraction of sp³-hybridized carbons (Fsp3) is 0.400. The highest BCUT2D eigenvalue weighted by Gasteiger charge is 2.09. The molecule has 2 rings (SSSR count). The van der Waals surface area contributed by atoms with Crippen LogP contribution in [0.15, 0.2) is 22.7 Å². The number of aromatic nitrogens is 2. The topological polar surface area (TPSA) is 64.9 Å². The molecule has 0 spiro atoms. The van der Waals surface area contributed by atoms with Gasteiger partial charge in [-0.2, -0.15) is 4.98 Å². The van der Waals surface area contributed by atoms with E-state index in [2.05, 4.69) is 9.97 Å². The van der Waals surface area contributed by atoms with Crippen molar-refractivity contribution in [1.82, 2.24) is 9.97 Å². The van der Waals surface area contributed by atoms with Crippen molar-refractivity contribution in [3.05, 3.63) is 24.2 Å². The Morgan fingerprint density at radius 2 is 2.43 bits per heavy atom. The summed E-state index contributed by atoms with van der Waals surface area (Å²) in [6.45, 7) is 2.05. The minimum atomic E-state index is 0.114. The van der Waals surface area contributed by atoms with Gasteiger partial charge in [-0.1, -0.05) is 6.92 Å². The zero-order valence-corrected chi connectivity index (χ0v) is 8.10. The smallest absolute Gasteiger partial charge is 0.198 e. The molecule has 0 saturated heterocycles. The molecule has 0 saturated carbocycles. The van der Waals surface area contributed by atoms with Gasteiger partial charge in [-0.15, -0.1) is 0 Å². The van der Waals surface area contributed by atoms with Gasteiger partial charge < -0.3 is 10.2 Å². The first kappa shape index (κ1) is 9.15. The first-order valence-electron chi connectivity index (χ1n) is 4.75. The van der Waals surface area contributed by atoms with Gasteiger partial charge in [-0.25, -0.2) is 4.98 Å². The standard InChI is InChI=1S/C10H13N3O/c1-2-7(11)6-9-13-10-8(14-9)4-3-5-12-10/h3-5,7H,2,6,11H2,1H3/t7-/m0/s1. The Bertz CT molecular complexity index is 391. The van der Waals surface area contributed by atoms with Crippen molar-refractivity contribution in [1.29, 1.82) is 0 Å². The van der Waals surface area contributed by atoms with Gasteiger partial charge in [-0.3, -0.25) is 0 Å². The summed E-state index contributed by atoms with van der Waals surface area (Å²) in [5, 5.41) is 0. The molecular weight excluding hydrogens is 178 g/mol. The second-order valence-corrected chi connectivity index (χ2v) is 3.31. The quantitative estimate of drug-likeness (QED) is 0.798. The number of hydrogen-bond donors (Lipinski definition) is 1. The highest BCUT2D eigenvalue weighted by atomic mass is 16.3. The molecule has 0 aliphatic heterocycles. The van der Waals surface area contributed by atoms with E-state index in [1.165, 1.54) is 0 Å². The van der Waals surface area contributed by atoms with E-state index in [0.717, 1.165) is 12.0 Å². The Labute approximate surface area is 82.1 Å². The maximum absolute atomic E-state index is 5.81. The number of oxazole rings is 1. The van der Waals surface area contributed by atoms with Crippen LogP contribution in [-0.2, 0) is 6.42 Å². The van der Waals surface area contributed by atoms with Crippen molar-refractivity contribution in [3.8, 4) is 0 Å². The normalized spacial score (nSPS) is 13.3. The number of hydrogen-bond acceptors (Lipinski definition) is 4. The first-order chi connectivity index (χ1) is 6.79. The van der Waals surface area contributed by atoms with Crippen molar-refractivity contribution in [3.63, 3.8) is 0 Å². The first-order valence-corrected chi connectivity index (χ1v) is 4.75. The van der Waals surface area contributed by atoms with Gasteiger partial charge in [0.2, 0.25) is 0 Å². The molecule has 0 bridgehead atoms. The zero-order valence-electron chi connectivity index (χ0n) is 8.10. The molecule has 0 radical (unpaired) electrons. The Hall–Kier alpha value is -1.42. The third kappa shape index (κ3) is 1.75. The van der Waals surface area contributed by atoms with Crippen LogP contribution in [-0.4, -0.2) is 16.0 Å². The predicted octanol–water partition coefficient (Wildman–Crippen LogP) is 1.50. The van der Waals surface area contributed by atoms with Gasteiger partial charge >= 0.3 is 0 Å². The molecule has 2 aromatic rings. The maximum atomic E-state index is 5.81. The van der Waals surface area contributed by atoms with Crippen molar-refractivity contribution in [2.75, 3.05) is 0 Å². The molecule has 1 atom stereocenters. The Morgan fingerprint density at radius 1 is 1.57 bits per heavy atom.